The van der Waals surface area contributed by atoms with Crippen LogP contribution in [0.4, 0.5) is 23.2 Å². The van der Waals surface area contributed by atoms with Gasteiger partial charge >= 0.3 is 6.18 Å². The fourth-order valence-electron chi connectivity index (χ4n) is 3.40. The topological polar surface area (TPSA) is 103 Å². The van der Waals surface area contributed by atoms with E-state index in [0.29, 0.717) is 21.5 Å². The van der Waals surface area contributed by atoms with Gasteiger partial charge in [-0.25, -0.2) is 9.37 Å². The monoisotopic (exact) mass is 569 g/mol. The first kappa shape index (κ1) is 24.8. The van der Waals surface area contributed by atoms with E-state index in [1.54, 1.807) is 20.0 Å². The third-order valence-electron chi connectivity index (χ3n) is 5.21. The molecule has 0 spiro atoms. The van der Waals surface area contributed by atoms with Crippen LogP contribution in [0, 0.1) is 12.7 Å². The molecule has 0 fully saturated rings. The van der Waals surface area contributed by atoms with E-state index in [4.69, 9.17) is 5.73 Å². The largest absolute Gasteiger partial charge is 0.433 e. The summed E-state index contributed by atoms with van der Waals surface area (Å²) in [5, 5.41) is 6.95. The molecular formula is C22H16BrF4N5O2S. The molecular weight excluding hydrogens is 554 g/mol. The van der Waals surface area contributed by atoms with Gasteiger partial charge in [-0.2, -0.15) is 18.3 Å². The van der Waals surface area contributed by atoms with Crippen molar-refractivity contribution in [3.05, 3.63) is 63.1 Å². The molecule has 4 aromatic rings. The Morgan fingerprint density at radius 3 is 2.43 bits per heavy atom. The fraction of sp³-hybridized carbons (Fsp3) is 0.182. The molecule has 4 rings (SSSR count). The normalized spacial score (nSPS) is 12.7. The molecule has 7 nitrogen and oxygen atoms in total. The van der Waals surface area contributed by atoms with E-state index in [-0.39, 0.29) is 31.9 Å². The molecule has 0 aliphatic heterocycles. The fourth-order valence-corrected chi connectivity index (χ4v) is 4.70. The van der Waals surface area contributed by atoms with Crippen molar-refractivity contribution in [1.29, 1.82) is 0 Å². The second-order valence-electron chi connectivity index (χ2n) is 7.62. The van der Waals surface area contributed by atoms with Crippen LogP contribution in [-0.4, -0.2) is 26.6 Å². The Labute approximate surface area is 208 Å². The Bertz CT molecular complexity index is 1440. The van der Waals surface area contributed by atoms with Crippen LogP contribution >= 0.6 is 27.3 Å². The number of aryl methyl sites for hydroxylation is 1. The van der Waals surface area contributed by atoms with Crippen LogP contribution in [0.2, 0.25) is 0 Å². The summed E-state index contributed by atoms with van der Waals surface area (Å²) in [6.07, 6.45) is -3.19. The smallest absolute Gasteiger partial charge is 0.365 e. The van der Waals surface area contributed by atoms with Crippen molar-refractivity contribution in [3.63, 3.8) is 0 Å². The maximum absolute atomic E-state index is 13.6. The number of aromatic nitrogens is 3. The van der Waals surface area contributed by atoms with E-state index in [1.165, 1.54) is 16.8 Å². The third-order valence-corrected chi connectivity index (χ3v) is 7.09. The molecule has 0 aliphatic rings. The van der Waals surface area contributed by atoms with Crippen molar-refractivity contribution in [3.8, 4) is 11.1 Å². The highest BCUT2D eigenvalue weighted by atomic mass is 79.9. The first-order valence-corrected chi connectivity index (χ1v) is 11.6. The summed E-state index contributed by atoms with van der Waals surface area (Å²) in [6, 6.07) is 4.73. The van der Waals surface area contributed by atoms with E-state index >= 15 is 0 Å². The standard InChI is InChI=1S/C22H16BrF4N5O2S/c1-9-14(23)8-32(31-9)10(2)20(34)30-17-16-13(11-3-5-12(24)6-4-11)7-15(22(25,26)27)29-21(16)35-18(17)19(28)33/h3-8,10H,1-2H3,(H2,28,33)(H,30,34). The second-order valence-corrected chi connectivity index (χ2v) is 9.47. The number of halogens is 5. The third kappa shape index (κ3) is 4.78. The van der Waals surface area contributed by atoms with Gasteiger partial charge in [0.25, 0.3) is 5.91 Å². The highest BCUT2D eigenvalue weighted by molar-refractivity contribution is 9.10. The minimum absolute atomic E-state index is 0.00621. The average Bonchev–Trinajstić information content (AvgIpc) is 3.32. The molecule has 0 aliphatic carbocycles. The maximum atomic E-state index is 13.6. The second kappa shape index (κ2) is 9.04. The van der Waals surface area contributed by atoms with Crippen LogP contribution in [0.5, 0.6) is 0 Å². The number of thiophene rings is 1. The molecule has 0 radical (unpaired) electrons. The van der Waals surface area contributed by atoms with E-state index in [9.17, 15) is 27.2 Å². The minimum Gasteiger partial charge on any atom is -0.365 e. The maximum Gasteiger partial charge on any atom is 0.433 e. The molecule has 182 valence electrons. The summed E-state index contributed by atoms with van der Waals surface area (Å²) in [6.45, 7) is 3.30. The Balaban J connectivity index is 1.91. The molecule has 3 heterocycles. The number of carbonyl (C=O) groups excluding carboxylic acids is 2. The lowest BCUT2D eigenvalue weighted by Gasteiger charge is -2.15. The number of rotatable bonds is 5. The molecule has 1 atom stereocenters. The summed E-state index contributed by atoms with van der Waals surface area (Å²) < 4.78 is 56.3. The summed E-state index contributed by atoms with van der Waals surface area (Å²) in [7, 11) is 0. The number of nitrogens with one attached hydrogen (secondary N) is 1. The number of amides is 2. The van der Waals surface area contributed by atoms with Gasteiger partial charge < -0.3 is 11.1 Å². The number of anilines is 1. The Morgan fingerprint density at radius 1 is 1.23 bits per heavy atom. The number of pyridine rings is 1. The molecule has 35 heavy (non-hydrogen) atoms. The minimum atomic E-state index is -4.79. The number of nitrogens with two attached hydrogens (primary N) is 1. The number of nitrogens with zero attached hydrogens (tertiary/aromatic N) is 3. The van der Waals surface area contributed by atoms with E-state index < -0.39 is 35.5 Å². The van der Waals surface area contributed by atoms with Gasteiger partial charge in [0, 0.05) is 11.6 Å². The van der Waals surface area contributed by atoms with Gasteiger partial charge in [-0.15, -0.1) is 11.3 Å². The van der Waals surface area contributed by atoms with Crippen molar-refractivity contribution >= 4 is 55.0 Å². The van der Waals surface area contributed by atoms with Gasteiger partial charge in [-0.05, 0) is 59.1 Å². The van der Waals surface area contributed by atoms with Crippen LogP contribution in [0.3, 0.4) is 0 Å². The van der Waals surface area contributed by atoms with Crippen molar-refractivity contribution < 1.29 is 27.2 Å². The molecule has 0 saturated carbocycles. The van der Waals surface area contributed by atoms with Crippen molar-refractivity contribution in [1.82, 2.24) is 14.8 Å². The molecule has 0 saturated heterocycles. The van der Waals surface area contributed by atoms with E-state index in [2.05, 4.69) is 31.3 Å². The summed E-state index contributed by atoms with van der Waals surface area (Å²) in [5.74, 6) is -2.12. The average molecular weight is 570 g/mol. The highest BCUT2D eigenvalue weighted by Crippen LogP contribution is 2.43. The first-order chi connectivity index (χ1) is 16.4. The first-order valence-electron chi connectivity index (χ1n) is 9.99. The summed E-state index contributed by atoms with van der Waals surface area (Å²) >= 11 is 3.95. The number of hydrogen-bond acceptors (Lipinski definition) is 5. The van der Waals surface area contributed by atoms with Gasteiger partial charge in [0.15, 0.2) is 0 Å². The molecule has 13 heteroatoms. The Morgan fingerprint density at radius 2 is 1.89 bits per heavy atom. The van der Waals surface area contributed by atoms with Crippen molar-refractivity contribution in [2.45, 2.75) is 26.1 Å². The van der Waals surface area contributed by atoms with Crippen molar-refractivity contribution in [2.24, 2.45) is 5.73 Å². The number of benzene rings is 1. The van der Waals surface area contributed by atoms with Gasteiger partial charge in [-0.1, -0.05) is 12.1 Å². The number of carbonyl (C=O) groups is 2. The van der Waals surface area contributed by atoms with Gasteiger partial charge in [-0.3, -0.25) is 14.3 Å². The molecule has 0 bridgehead atoms. The van der Waals surface area contributed by atoms with Crippen LogP contribution in [0.25, 0.3) is 21.3 Å². The number of fused-ring (bicyclic) bond motifs is 1. The van der Waals surface area contributed by atoms with Gasteiger partial charge in [0.05, 0.1) is 15.9 Å². The quantitative estimate of drug-likeness (QED) is 0.301. The number of primary amides is 1. The molecule has 1 aromatic carbocycles. The van der Waals surface area contributed by atoms with Crippen LogP contribution < -0.4 is 11.1 Å². The van der Waals surface area contributed by atoms with Crippen LogP contribution in [0.1, 0.15) is 34.0 Å². The SMILES string of the molecule is Cc1nn(C(C)C(=O)Nc2c(C(N)=O)sc3nc(C(F)(F)F)cc(-c4ccc(F)cc4)c23)cc1Br. The Hall–Kier alpha value is -3.32. The zero-order valence-electron chi connectivity index (χ0n) is 18.1. The van der Waals surface area contributed by atoms with Crippen LogP contribution in [0.15, 0.2) is 41.0 Å². The molecule has 1 unspecified atom stereocenters. The zero-order valence-corrected chi connectivity index (χ0v) is 20.5. The lowest BCUT2D eigenvalue weighted by Crippen LogP contribution is -2.25. The molecule has 3 N–H and O–H groups in total. The van der Waals surface area contributed by atoms with Gasteiger partial charge in [0.2, 0.25) is 5.91 Å². The van der Waals surface area contributed by atoms with E-state index in [0.717, 1.165) is 18.2 Å². The lowest BCUT2D eigenvalue weighted by atomic mass is 10.0. The molecule has 2 amide bonds. The predicted molar refractivity (Wildman–Crippen MR) is 127 cm³/mol. The number of alkyl halides is 3. The van der Waals surface area contributed by atoms with Crippen molar-refractivity contribution in [2.75, 3.05) is 5.32 Å². The lowest BCUT2D eigenvalue weighted by molar-refractivity contribution is -0.140. The molecule has 3 aromatic heterocycles. The predicted octanol–water partition coefficient (Wildman–Crippen LogP) is 5.69. The zero-order chi connectivity index (χ0) is 25.7. The highest BCUT2D eigenvalue weighted by Gasteiger charge is 2.35. The Kier molecular flexibility index (Phi) is 6.40. The number of hydrogen-bond donors (Lipinski definition) is 2. The van der Waals surface area contributed by atoms with Crippen LogP contribution in [-0.2, 0) is 11.0 Å². The summed E-state index contributed by atoms with van der Waals surface area (Å²) in [4.78, 5) is 28.6. The van der Waals surface area contributed by atoms with Gasteiger partial charge in [0.1, 0.15) is 27.3 Å². The van der Waals surface area contributed by atoms with E-state index in [1.807, 2.05) is 0 Å². The summed E-state index contributed by atoms with van der Waals surface area (Å²) in [5.41, 5.74) is 5.10.